The molecule has 0 fully saturated rings. The molecule has 1 heterocycles. The summed E-state index contributed by atoms with van der Waals surface area (Å²) in [4.78, 5) is 7.06. The van der Waals surface area contributed by atoms with Crippen molar-refractivity contribution in [3.8, 4) is 5.75 Å². The normalized spacial score (nSPS) is 13.6. The first kappa shape index (κ1) is 14.0. The maximum Gasteiger partial charge on any atom is 0.164 e. The molecule has 0 unspecified atom stereocenters. The van der Waals surface area contributed by atoms with Crippen LogP contribution < -0.4 is 4.74 Å². The van der Waals surface area contributed by atoms with Crippen LogP contribution >= 0.6 is 11.8 Å². The Balaban J connectivity index is 1.89. The first-order valence-corrected chi connectivity index (χ1v) is 8.11. The van der Waals surface area contributed by atoms with Gasteiger partial charge < -0.3 is 9.64 Å². The highest BCUT2D eigenvalue weighted by molar-refractivity contribution is 8.13. The second kappa shape index (κ2) is 6.22. The molecular formula is C17H18N2OS. The minimum absolute atomic E-state index is 0.804. The number of aliphatic imine (C=N–C) groups is 1. The molecule has 0 amide bonds. The van der Waals surface area contributed by atoms with E-state index in [0.29, 0.717) is 0 Å². The molecule has 0 aromatic heterocycles. The van der Waals surface area contributed by atoms with Crippen LogP contribution in [-0.2, 0) is 13.1 Å². The summed E-state index contributed by atoms with van der Waals surface area (Å²) in [6.07, 6.45) is 2.07. The third-order valence-electron chi connectivity index (χ3n) is 3.58. The molecule has 2 aromatic rings. The molecule has 2 aromatic carbocycles. The number of ether oxygens (including phenoxy) is 1. The van der Waals surface area contributed by atoms with E-state index in [1.807, 2.05) is 24.3 Å². The lowest BCUT2D eigenvalue weighted by Crippen LogP contribution is -2.30. The highest BCUT2D eigenvalue weighted by atomic mass is 32.2. The van der Waals surface area contributed by atoms with Crippen LogP contribution in [0.1, 0.15) is 11.1 Å². The lowest BCUT2D eigenvalue weighted by Gasteiger charge is -2.30. The van der Waals surface area contributed by atoms with Crippen molar-refractivity contribution in [3.63, 3.8) is 0 Å². The zero-order valence-corrected chi connectivity index (χ0v) is 13.1. The summed E-state index contributed by atoms with van der Waals surface area (Å²) in [5, 5.41) is 1.06. The predicted molar refractivity (Wildman–Crippen MR) is 89.3 cm³/mol. The topological polar surface area (TPSA) is 24.8 Å². The molecule has 0 radical (unpaired) electrons. The van der Waals surface area contributed by atoms with E-state index in [1.54, 1.807) is 18.9 Å². The second-order valence-corrected chi connectivity index (χ2v) is 5.67. The first-order valence-electron chi connectivity index (χ1n) is 6.89. The van der Waals surface area contributed by atoms with E-state index in [4.69, 9.17) is 9.73 Å². The quantitative estimate of drug-likeness (QED) is 0.854. The highest BCUT2D eigenvalue weighted by Crippen LogP contribution is 2.30. The monoisotopic (exact) mass is 298 g/mol. The average molecular weight is 298 g/mol. The maximum atomic E-state index is 5.45. The predicted octanol–water partition coefficient (Wildman–Crippen LogP) is 4.06. The van der Waals surface area contributed by atoms with E-state index >= 15 is 0 Å². The standard InChI is InChI=1S/C17H18N2OS/c1-20-16-10-6-4-8-14(16)12-19-11-13-7-3-5-9-15(13)18-17(19)21-2/h3-10H,11-12H2,1-2H3. The van der Waals surface area contributed by atoms with E-state index in [9.17, 15) is 0 Å². The molecule has 21 heavy (non-hydrogen) atoms. The Kier molecular flexibility index (Phi) is 4.15. The lowest BCUT2D eigenvalue weighted by molar-refractivity contribution is 0.377. The Morgan fingerprint density at radius 2 is 1.90 bits per heavy atom. The van der Waals surface area contributed by atoms with Gasteiger partial charge in [0.1, 0.15) is 5.75 Å². The van der Waals surface area contributed by atoms with Crippen LogP contribution in [-0.4, -0.2) is 23.4 Å². The van der Waals surface area contributed by atoms with Gasteiger partial charge in [-0.3, -0.25) is 0 Å². The number of nitrogens with zero attached hydrogens (tertiary/aromatic N) is 2. The van der Waals surface area contributed by atoms with Crippen molar-refractivity contribution in [2.75, 3.05) is 13.4 Å². The lowest BCUT2D eigenvalue weighted by atomic mass is 10.1. The number of fused-ring (bicyclic) bond motifs is 1. The number of hydrogen-bond donors (Lipinski definition) is 0. The first-order chi connectivity index (χ1) is 10.3. The van der Waals surface area contributed by atoms with Gasteiger partial charge in [0.05, 0.1) is 12.8 Å². The fourth-order valence-electron chi connectivity index (χ4n) is 2.54. The van der Waals surface area contributed by atoms with E-state index in [-0.39, 0.29) is 0 Å². The van der Waals surface area contributed by atoms with Crippen LogP contribution in [0, 0.1) is 0 Å². The Bertz CT molecular complexity index is 669. The van der Waals surface area contributed by atoms with Gasteiger partial charge in [-0.25, -0.2) is 4.99 Å². The molecule has 3 nitrogen and oxygen atoms in total. The third kappa shape index (κ3) is 2.90. The van der Waals surface area contributed by atoms with Gasteiger partial charge in [-0.15, -0.1) is 0 Å². The molecule has 1 aliphatic rings. The van der Waals surface area contributed by atoms with Gasteiger partial charge >= 0.3 is 0 Å². The van der Waals surface area contributed by atoms with Crippen LogP contribution in [0.4, 0.5) is 5.69 Å². The van der Waals surface area contributed by atoms with Crippen molar-refractivity contribution in [2.24, 2.45) is 4.99 Å². The molecule has 0 aliphatic carbocycles. The van der Waals surface area contributed by atoms with E-state index in [2.05, 4.69) is 35.4 Å². The van der Waals surface area contributed by atoms with Crippen LogP contribution in [0.15, 0.2) is 53.5 Å². The molecular weight excluding hydrogens is 280 g/mol. The zero-order chi connectivity index (χ0) is 14.7. The Labute approximate surface area is 129 Å². The van der Waals surface area contributed by atoms with Crippen molar-refractivity contribution >= 4 is 22.6 Å². The molecule has 0 bridgehead atoms. The fourth-order valence-corrected chi connectivity index (χ4v) is 3.12. The van der Waals surface area contributed by atoms with Crippen LogP contribution in [0.25, 0.3) is 0 Å². The molecule has 0 saturated carbocycles. The number of thioether (sulfide) groups is 1. The number of para-hydroxylation sites is 2. The number of amidine groups is 1. The average Bonchev–Trinajstić information content (AvgIpc) is 2.54. The molecule has 3 rings (SSSR count). The largest absolute Gasteiger partial charge is 0.496 e. The highest BCUT2D eigenvalue weighted by Gasteiger charge is 2.20. The van der Waals surface area contributed by atoms with Crippen LogP contribution in [0.5, 0.6) is 5.75 Å². The third-order valence-corrected chi connectivity index (χ3v) is 4.29. The van der Waals surface area contributed by atoms with Crippen molar-refractivity contribution in [3.05, 3.63) is 59.7 Å². The fraction of sp³-hybridized carbons (Fsp3) is 0.235. The maximum absolute atomic E-state index is 5.45. The van der Waals surface area contributed by atoms with Gasteiger partial charge in [-0.1, -0.05) is 48.2 Å². The molecule has 0 spiro atoms. The number of rotatable bonds is 3. The number of hydrogen-bond acceptors (Lipinski definition) is 4. The molecule has 108 valence electrons. The molecule has 4 heteroatoms. The second-order valence-electron chi connectivity index (χ2n) is 4.90. The molecule has 0 saturated heterocycles. The summed E-state index contributed by atoms with van der Waals surface area (Å²) in [7, 11) is 1.72. The minimum Gasteiger partial charge on any atom is -0.496 e. The Morgan fingerprint density at radius 3 is 2.71 bits per heavy atom. The number of benzene rings is 2. The Hall–Kier alpha value is -1.94. The molecule has 0 atom stereocenters. The van der Waals surface area contributed by atoms with Crippen LogP contribution in [0.2, 0.25) is 0 Å². The van der Waals surface area contributed by atoms with Gasteiger partial charge in [-0.2, -0.15) is 0 Å². The molecule has 1 aliphatic heterocycles. The van der Waals surface area contributed by atoms with Gasteiger partial charge in [0, 0.05) is 18.7 Å². The van der Waals surface area contributed by atoms with E-state index in [0.717, 1.165) is 29.7 Å². The van der Waals surface area contributed by atoms with Gasteiger partial charge in [0.25, 0.3) is 0 Å². The summed E-state index contributed by atoms with van der Waals surface area (Å²) in [6, 6.07) is 16.5. The van der Waals surface area contributed by atoms with Gasteiger partial charge in [0.2, 0.25) is 0 Å². The zero-order valence-electron chi connectivity index (χ0n) is 12.2. The van der Waals surface area contributed by atoms with E-state index in [1.165, 1.54) is 11.1 Å². The van der Waals surface area contributed by atoms with Crippen molar-refractivity contribution in [1.82, 2.24) is 4.90 Å². The van der Waals surface area contributed by atoms with Crippen LogP contribution in [0.3, 0.4) is 0 Å². The summed E-state index contributed by atoms with van der Waals surface area (Å²) < 4.78 is 5.45. The smallest absolute Gasteiger partial charge is 0.164 e. The number of methoxy groups -OCH3 is 1. The van der Waals surface area contributed by atoms with Crippen molar-refractivity contribution in [1.29, 1.82) is 0 Å². The SMILES string of the molecule is COc1ccccc1CN1Cc2ccccc2N=C1SC. The summed E-state index contributed by atoms with van der Waals surface area (Å²) in [6.45, 7) is 1.69. The van der Waals surface area contributed by atoms with E-state index < -0.39 is 0 Å². The van der Waals surface area contributed by atoms with Crippen molar-refractivity contribution < 1.29 is 4.74 Å². The Morgan fingerprint density at radius 1 is 1.14 bits per heavy atom. The van der Waals surface area contributed by atoms with Crippen molar-refractivity contribution in [2.45, 2.75) is 13.1 Å². The van der Waals surface area contributed by atoms with Gasteiger partial charge in [0.15, 0.2) is 5.17 Å². The minimum atomic E-state index is 0.804. The summed E-state index contributed by atoms with van der Waals surface area (Å²) in [5.41, 5.74) is 3.53. The summed E-state index contributed by atoms with van der Waals surface area (Å²) in [5.74, 6) is 0.928. The van der Waals surface area contributed by atoms with Gasteiger partial charge in [-0.05, 0) is 24.0 Å². The molecule has 0 N–H and O–H groups in total. The summed E-state index contributed by atoms with van der Waals surface area (Å²) >= 11 is 1.69.